The largest absolute Gasteiger partial charge is 0.344 e. The SMILES string of the molecule is Cc1cc2n(c1/C=C\NC=O)CC(C)(C)C2. The van der Waals surface area contributed by atoms with Crippen LogP contribution in [0.2, 0.25) is 0 Å². The zero-order valence-electron chi connectivity index (χ0n) is 10.1. The number of aryl methyl sites for hydroxylation is 1. The van der Waals surface area contributed by atoms with Crippen molar-refractivity contribution in [3.05, 3.63) is 29.2 Å². The molecule has 3 nitrogen and oxygen atoms in total. The maximum atomic E-state index is 10.2. The summed E-state index contributed by atoms with van der Waals surface area (Å²) in [6.07, 6.45) is 5.47. The molecule has 1 aromatic heterocycles. The van der Waals surface area contributed by atoms with E-state index in [2.05, 4.69) is 36.7 Å². The maximum Gasteiger partial charge on any atom is 0.211 e. The molecule has 1 aromatic rings. The van der Waals surface area contributed by atoms with Crippen LogP contribution in [0.4, 0.5) is 0 Å². The third-order valence-electron chi connectivity index (χ3n) is 3.08. The number of nitrogens with zero attached hydrogens (tertiary/aromatic N) is 1. The van der Waals surface area contributed by atoms with Crippen LogP contribution in [0.3, 0.4) is 0 Å². The van der Waals surface area contributed by atoms with Crippen LogP contribution >= 0.6 is 0 Å². The summed E-state index contributed by atoms with van der Waals surface area (Å²) >= 11 is 0. The Labute approximate surface area is 96.2 Å². The van der Waals surface area contributed by atoms with Gasteiger partial charge in [0.1, 0.15) is 0 Å². The molecule has 0 radical (unpaired) electrons. The monoisotopic (exact) mass is 218 g/mol. The number of aromatic nitrogens is 1. The molecule has 3 heteroatoms. The fourth-order valence-electron chi connectivity index (χ4n) is 2.46. The number of hydrogen-bond donors (Lipinski definition) is 1. The Morgan fingerprint density at radius 1 is 1.50 bits per heavy atom. The number of rotatable bonds is 3. The van der Waals surface area contributed by atoms with Gasteiger partial charge in [0.05, 0.1) is 0 Å². The molecule has 0 aromatic carbocycles. The van der Waals surface area contributed by atoms with Crippen LogP contribution in [0.5, 0.6) is 0 Å². The molecular formula is C13H18N2O. The highest BCUT2D eigenvalue weighted by Gasteiger charge is 2.30. The van der Waals surface area contributed by atoms with Gasteiger partial charge in [-0.1, -0.05) is 13.8 Å². The lowest BCUT2D eigenvalue weighted by molar-refractivity contribution is -0.108. The van der Waals surface area contributed by atoms with Crippen molar-refractivity contribution in [2.45, 2.75) is 33.7 Å². The number of fused-ring (bicyclic) bond motifs is 1. The van der Waals surface area contributed by atoms with Crippen molar-refractivity contribution in [2.75, 3.05) is 0 Å². The first-order chi connectivity index (χ1) is 7.53. The standard InChI is InChI=1S/C13H18N2O/c1-10-6-11-7-13(2,3)8-15(11)12(10)4-5-14-9-16/h4-6,9H,7-8H2,1-3H3,(H,14,16)/b5-4-. The average Bonchev–Trinajstić information content (AvgIpc) is 2.60. The Hall–Kier alpha value is -1.51. The highest BCUT2D eigenvalue weighted by Crippen LogP contribution is 2.35. The Morgan fingerprint density at radius 2 is 2.25 bits per heavy atom. The number of amides is 1. The molecule has 0 atom stereocenters. The molecular weight excluding hydrogens is 200 g/mol. The van der Waals surface area contributed by atoms with Crippen LogP contribution in [0, 0.1) is 12.3 Å². The van der Waals surface area contributed by atoms with Crippen molar-refractivity contribution >= 4 is 12.5 Å². The molecule has 1 aliphatic heterocycles. The summed E-state index contributed by atoms with van der Waals surface area (Å²) in [5.41, 5.74) is 4.22. The van der Waals surface area contributed by atoms with Gasteiger partial charge in [0.15, 0.2) is 0 Å². The fourth-order valence-corrected chi connectivity index (χ4v) is 2.46. The van der Waals surface area contributed by atoms with Crippen molar-refractivity contribution in [1.82, 2.24) is 9.88 Å². The maximum absolute atomic E-state index is 10.2. The molecule has 0 saturated heterocycles. The normalized spacial score (nSPS) is 17.7. The molecule has 1 amide bonds. The molecule has 2 rings (SSSR count). The molecule has 0 spiro atoms. The molecule has 0 bridgehead atoms. The second-order valence-electron chi connectivity index (χ2n) is 5.25. The van der Waals surface area contributed by atoms with E-state index < -0.39 is 0 Å². The van der Waals surface area contributed by atoms with Crippen molar-refractivity contribution in [1.29, 1.82) is 0 Å². The van der Waals surface area contributed by atoms with E-state index in [-0.39, 0.29) is 0 Å². The molecule has 0 fully saturated rings. The van der Waals surface area contributed by atoms with E-state index in [0.717, 1.165) is 13.0 Å². The van der Waals surface area contributed by atoms with Crippen molar-refractivity contribution in [3.8, 4) is 0 Å². The first kappa shape index (κ1) is 11.0. The Kier molecular flexibility index (Phi) is 2.62. The summed E-state index contributed by atoms with van der Waals surface area (Å²) in [7, 11) is 0. The molecule has 0 unspecified atom stereocenters. The lowest BCUT2D eigenvalue weighted by Crippen LogP contribution is -2.13. The molecule has 1 N–H and O–H groups in total. The Balaban J connectivity index is 2.30. The lowest BCUT2D eigenvalue weighted by atomic mass is 9.91. The van der Waals surface area contributed by atoms with Crippen LogP contribution in [0.1, 0.15) is 30.8 Å². The number of carbonyl (C=O) groups excluding carboxylic acids is 1. The number of nitrogens with one attached hydrogen (secondary N) is 1. The quantitative estimate of drug-likeness (QED) is 0.774. The van der Waals surface area contributed by atoms with E-state index in [0.29, 0.717) is 11.8 Å². The third kappa shape index (κ3) is 1.90. The smallest absolute Gasteiger partial charge is 0.211 e. The third-order valence-corrected chi connectivity index (χ3v) is 3.08. The second-order valence-corrected chi connectivity index (χ2v) is 5.25. The van der Waals surface area contributed by atoms with E-state index in [1.807, 2.05) is 6.08 Å². The minimum absolute atomic E-state index is 0.351. The predicted octanol–water partition coefficient (Wildman–Crippen LogP) is 2.10. The highest BCUT2D eigenvalue weighted by molar-refractivity contribution is 5.56. The summed E-state index contributed by atoms with van der Waals surface area (Å²) in [5, 5.41) is 2.55. The van der Waals surface area contributed by atoms with Gasteiger partial charge in [-0.15, -0.1) is 0 Å². The Morgan fingerprint density at radius 3 is 2.94 bits per heavy atom. The number of carbonyl (C=O) groups is 1. The summed E-state index contributed by atoms with van der Waals surface area (Å²) in [6.45, 7) is 7.73. The predicted molar refractivity (Wildman–Crippen MR) is 64.9 cm³/mol. The van der Waals surface area contributed by atoms with Crippen LogP contribution in [-0.4, -0.2) is 11.0 Å². The van der Waals surface area contributed by atoms with Gasteiger partial charge in [-0.25, -0.2) is 0 Å². The Bertz CT molecular complexity index is 441. The average molecular weight is 218 g/mol. The molecule has 86 valence electrons. The first-order valence-electron chi connectivity index (χ1n) is 5.59. The van der Waals surface area contributed by atoms with Gasteiger partial charge in [0.2, 0.25) is 6.41 Å². The summed E-state index contributed by atoms with van der Waals surface area (Å²) in [5.74, 6) is 0. The molecule has 0 saturated carbocycles. The van der Waals surface area contributed by atoms with Crippen LogP contribution < -0.4 is 5.32 Å². The van der Waals surface area contributed by atoms with Gasteiger partial charge in [0, 0.05) is 24.1 Å². The van der Waals surface area contributed by atoms with Crippen molar-refractivity contribution < 1.29 is 4.79 Å². The van der Waals surface area contributed by atoms with Gasteiger partial charge in [-0.05, 0) is 36.5 Å². The minimum atomic E-state index is 0.351. The second kappa shape index (κ2) is 3.81. The van der Waals surface area contributed by atoms with Crippen LogP contribution in [-0.2, 0) is 17.8 Å². The van der Waals surface area contributed by atoms with E-state index >= 15 is 0 Å². The molecule has 16 heavy (non-hydrogen) atoms. The van der Waals surface area contributed by atoms with Gasteiger partial charge < -0.3 is 9.88 Å². The fraction of sp³-hybridized carbons (Fsp3) is 0.462. The molecule has 2 heterocycles. The van der Waals surface area contributed by atoms with E-state index in [1.165, 1.54) is 17.0 Å². The molecule has 0 aliphatic carbocycles. The van der Waals surface area contributed by atoms with Crippen molar-refractivity contribution in [3.63, 3.8) is 0 Å². The first-order valence-corrected chi connectivity index (χ1v) is 5.59. The summed E-state index contributed by atoms with van der Waals surface area (Å²) < 4.78 is 2.35. The van der Waals surface area contributed by atoms with Gasteiger partial charge in [-0.2, -0.15) is 0 Å². The van der Waals surface area contributed by atoms with Gasteiger partial charge in [-0.3, -0.25) is 4.79 Å². The zero-order valence-corrected chi connectivity index (χ0v) is 10.1. The van der Waals surface area contributed by atoms with Gasteiger partial charge >= 0.3 is 0 Å². The summed E-state index contributed by atoms with van der Waals surface area (Å²) in [4.78, 5) is 10.2. The van der Waals surface area contributed by atoms with Crippen LogP contribution in [0.15, 0.2) is 12.3 Å². The minimum Gasteiger partial charge on any atom is -0.344 e. The summed E-state index contributed by atoms with van der Waals surface area (Å²) in [6, 6.07) is 2.25. The van der Waals surface area contributed by atoms with E-state index in [4.69, 9.17) is 0 Å². The topological polar surface area (TPSA) is 34.0 Å². The highest BCUT2D eigenvalue weighted by atomic mass is 16.1. The van der Waals surface area contributed by atoms with E-state index in [9.17, 15) is 4.79 Å². The van der Waals surface area contributed by atoms with E-state index in [1.54, 1.807) is 6.20 Å². The zero-order chi connectivity index (χ0) is 11.8. The number of hydrogen-bond acceptors (Lipinski definition) is 1. The van der Waals surface area contributed by atoms with Crippen molar-refractivity contribution in [2.24, 2.45) is 5.41 Å². The molecule has 1 aliphatic rings. The van der Waals surface area contributed by atoms with Crippen LogP contribution in [0.25, 0.3) is 6.08 Å². The van der Waals surface area contributed by atoms with Gasteiger partial charge in [0.25, 0.3) is 0 Å². The lowest BCUT2D eigenvalue weighted by Gasteiger charge is -2.16.